The van der Waals surface area contributed by atoms with Crippen LogP contribution in [0.1, 0.15) is 23.2 Å². The fourth-order valence-corrected chi connectivity index (χ4v) is 4.78. The van der Waals surface area contributed by atoms with Crippen LogP contribution in [0.2, 0.25) is 0 Å². The van der Waals surface area contributed by atoms with Gasteiger partial charge in [-0.1, -0.05) is 37.3 Å². The van der Waals surface area contributed by atoms with Crippen molar-refractivity contribution in [1.29, 1.82) is 0 Å². The Morgan fingerprint density at radius 2 is 2.18 bits per heavy atom. The molecule has 0 radical (unpaired) electrons. The molecule has 0 aliphatic carbocycles. The van der Waals surface area contributed by atoms with E-state index in [0.717, 1.165) is 50.9 Å². The molecule has 6 nitrogen and oxygen atoms in total. The van der Waals surface area contributed by atoms with E-state index >= 15 is 0 Å². The number of fused-ring (bicyclic) bond motifs is 1. The number of benzene rings is 1. The highest BCUT2D eigenvalue weighted by molar-refractivity contribution is 7.09. The third-order valence-electron chi connectivity index (χ3n) is 5.49. The van der Waals surface area contributed by atoms with E-state index in [4.69, 9.17) is 4.74 Å². The minimum Gasteiger partial charge on any atom is -0.373 e. The fourth-order valence-electron chi connectivity index (χ4n) is 4.04. The van der Waals surface area contributed by atoms with E-state index in [0.29, 0.717) is 12.6 Å². The maximum atomic E-state index is 6.10. The van der Waals surface area contributed by atoms with Gasteiger partial charge in [0.2, 0.25) is 0 Å². The molecule has 1 N–H and O–H groups in total. The van der Waals surface area contributed by atoms with Gasteiger partial charge >= 0.3 is 0 Å². The van der Waals surface area contributed by atoms with Crippen LogP contribution in [0.15, 0.2) is 40.7 Å². The van der Waals surface area contributed by atoms with Gasteiger partial charge in [0.1, 0.15) is 0 Å². The lowest BCUT2D eigenvalue weighted by Gasteiger charge is -2.36. The summed E-state index contributed by atoms with van der Waals surface area (Å²) in [4.78, 5) is 14.0. The van der Waals surface area contributed by atoms with Crippen molar-refractivity contribution in [1.82, 2.24) is 20.1 Å². The smallest absolute Gasteiger partial charge is 0.194 e. The van der Waals surface area contributed by atoms with Crippen molar-refractivity contribution in [3.8, 4) is 0 Å². The molecule has 150 valence electrons. The Labute approximate surface area is 171 Å². The predicted molar refractivity (Wildman–Crippen MR) is 114 cm³/mol. The Kier molecular flexibility index (Phi) is 6.24. The average Bonchev–Trinajstić information content (AvgIpc) is 3.37. The van der Waals surface area contributed by atoms with Crippen molar-refractivity contribution in [2.24, 2.45) is 4.99 Å². The van der Waals surface area contributed by atoms with Crippen LogP contribution >= 0.6 is 11.3 Å². The molecule has 2 atom stereocenters. The van der Waals surface area contributed by atoms with Crippen molar-refractivity contribution in [3.05, 3.63) is 52.0 Å². The molecule has 3 heterocycles. The van der Waals surface area contributed by atoms with Crippen LogP contribution in [-0.4, -0.2) is 66.2 Å². The standard InChI is InChI=1S/C21H29N5OS/c1-3-20-24-17(15-28-20)11-23-21(22-2)26-13-18-19(14-26)27-10-9-25(18)12-16-7-5-4-6-8-16/h4-8,15,18-19H,3,9-14H2,1-2H3,(H,22,23). The molecule has 0 saturated carbocycles. The SMILES string of the molecule is CCc1nc(CNC(=NC)N2CC3OCCN(Cc4ccccc4)C3C2)cs1. The zero-order chi connectivity index (χ0) is 19.3. The first-order valence-corrected chi connectivity index (χ1v) is 10.9. The number of aliphatic imine (C=N–C) groups is 1. The van der Waals surface area contributed by atoms with E-state index in [-0.39, 0.29) is 6.10 Å². The van der Waals surface area contributed by atoms with Gasteiger partial charge in [0.15, 0.2) is 5.96 Å². The Bertz CT molecular complexity index is 793. The molecule has 0 spiro atoms. The summed E-state index contributed by atoms with van der Waals surface area (Å²) < 4.78 is 6.10. The average molecular weight is 400 g/mol. The van der Waals surface area contributed by atoms with Gasteiger partial charge in [-0.3, -0.25) is 9.89 Å². The molecule has 2 aliphatic rings. The first kappa shape index (κ1) is 19.4. The summed E-state index contributed by atoms with van der Waals surface area (Å²) in [5.74, 6) is 0.934. The number of hydrogen-bond acceptors (Lipinski definition) is 5. The number of ether oxygens (including phenoxy) is 1. The number of morpholine rings is 1. The quantitative estimate of drug-likeness (QED) is 0.618. The molecule has 2 aliphatic heterocycles. The summed E-state index contributed by atoms with van der Waals surface area (Å²) >= 11 is 1.73. The highest BCUT2D eigenvalue weighted by Crippen LogP contribution is 2.24. The van der Waals surface area contributed by atoms with E-state index in [2.05, 4.69) is 67.7 Å². The molecule has 0 amide bonds. The van der Waals surface area contributed by atoms with E-state index in [1.165, 1.54) is 10.6 Å². The molecular formula is C21H29N5OS. The molecule has 1 aromatic heterocycles. The van der Waals surface area contributed by atoms with E-state index in [9.17, 15) is 0 Å². The Hall–Kier alpha value is -1.96. The molecule has 2 fully saturated rings. The van der Waals surface area contributed by atoms with Crippen LogP contribution in [0.25, 0.3) is 0 Å². The molecule has 0 bridgehead atoms. The lowest BCUT2D eigenvalue weighted by molar-refractivity contribution is -0.0502. The summed E-state index contributed by atoms with van der Waals surface area (Å²) in [7, 11) is 1.85. The summed E-state index contributed by atoms with van der Waals surface area (Å²) in [5.41, 5.74) is 2.45. The zero-order valence-electron chi connectivity index (χ0n) is 16.7. The molecule has 4 rings (SSSR count). The van der Waals surface area contributed by atoms with Crippen LogP contribution in [0.5, 0.6) is 0 Å². The summed E-state index contributed by atoms with van der Waals surface area (Å²) in [5, 5.41) is 6.80. The summed E-state index contributed by atoms with van der Waals surface area (Å²) in [6.45, 7) is 7.43. The Morgan fingerprint density at radius 1 is 1.32 bits per heavy atom. The van der Waals surface area contributed by atoms with Gasteiger partial charge < -0.3 is 15.0 Å². The number of nitrogens with zero attached hydrogens (tertiary/aromatic N) is 4. The number of guanidine groups is 1. The Morgan fingerprint density at radius 3 is 2.93 bits per heavy atom. The number of aromatic nitrogens is 1. The van der Waals surface area contributed by atoms with Crippen molar-refractivity contribution in [3.63, 3.8) is 0 Å². The number of thiazole rings is 1. The molecule has 2 saturated heterocycles. The van der Waals surface area contributed by atoms with E-state index < -0.39 is 0 Å². The first-order valence-electron chi connectivity index (χ1n) is 10.0. The fraction of sp³-hybridized carbons (Fsp3) is 0.524. The van der Waals surface area contributed by atoms with Gasteiger partial charge in [-0.25, -0.2) is 4.98 Å². The number of likely N-dealkylation sites (tertiary alicyclic amines) is 1. The third-order valence-corrected chi connectivity index (χ3v) is 6.53. The second-order valence-electron chi connectivity index (χ2n) is 7.32. The maximum Gasteiger partial charge on any atom is 0.194 e. The minimum atomic E-state index is 0.238. The zero-order valence-corrected chi connectivity index (χ0v) is 17.5. The van der Waals surface area contributed by atoms with Gasteiger partial charge in [0.25, 0.3) is 0 Å². The lowest BCUT2D eigenvalue weighted by atomic mass is 10.1. The predicted octanol–water partition coefficient (Wildman–Crippen LogP) is 2.37. The Balaban J connectivity index is 1.37. The molecular weight excluding hydrogens is 370 g/mol. The van der Waals surface area contributed by atoms with Crippen LogP contribution in [-0.2, 0) is 24.2 Å². The first-order chi connectivity index (χ1) is 13.8. The van der Waals surface area contributed by atoms with Crippen molar-refractivity contribution in [2.45, 2.75) is 38.6 Å². The maximum absolute atomic E-state index is 6.10. The molecule has 7 heteroatoms. The van der Waals surface area contributed by atoms with Crippen molar-refractivity contribution in [2.75, 3.05) is 33.3 Å². The third kappa shape index (κ3) is 4.37. The number of nitrogens with one attached hydrogen (secondary N) is 1. The van der Waals surface area contributed by atoms with Crippen LogP contribution in [0.4, 0.5) is 0 Å². The highest BCUT2D eigenvalue weighted by Gasteiger charge is 2.41. The summed E-state index contributed by atoms with van der Waals surface area (Å²) in [6, 6.07) is 11.1. The van der Waals surface area contributed by atoms with E-state index in [1.807, 2.05) is 7.05 Å². The summed E-state index contributed by atoms with van der Waals surface area (Å²) in [6.07, 6.45) is 1.23. The molecule has 28 heavy (non-hydrogen) atoms. The van der Waals surface area contributed by atoms with Crippen LogP contribution < -0.4 is 5.32 Å². The molecule has 1 aromatic carbocycles. The highest BCUT2D eigenvalue weighted by atomic mass is 32.1. The molecule has 2 unspecified atom stereocenters. The lowest BCUT2D eigenvalue weighted by Crippen LogP contribution is -2.50. The molecule has 2 aromatic rings. The van der Waals surface area contributed by atoms with Crippen LogP contribution in [0, 0.1) is 0 Å². The van der Waals surface area contributed by atoms with Crippen molar-refractivity contribution >= 4 is 17.3 Å². The second-order valence-corrected chi connectivity index (χ2v) is 8.27. The number of hydrogen-bond donors (Lipinski definition) is 1. The van der Waals surface area contributed by atoms with Gasteiger partial charge in [-0.15, -0.1) is 11.3 Å². The monoisotopic (exact) mass is 399 g/mol. The van der Waals surface area contributed by atoms with Crippen LogP contribution in [0.3, 0.4) is 0 Å². The number of aryl methyl sites for hydroxylation is 1. The topological polar surface area (TPSA) is 53.0 Å². The second kappa shape index (κ2) is 9.03. The van der Waals surface area contributed by atoms with Gasteiger partial charge in [0, 0.05) is 38.6 Å². The van der Waals surface area contributed by atoms with Gasteiger partial charge in [-0.05, 0) is 12.0 Å². The normalized spacial score (nSPS) is 23.1. The van der Waals surface area contributed by atoms with Crippen molar-refractivity contribution < 1.29 is 4.74 Å². The minimum absolute atomic E-state index is 0.238. The van der Waals surface area contributed by atoms with Gasteiger partial charge in [0.05, 0.1) is 36.0 Å². The van der Waals surface area contributed by atoms with Gasteiger partial charge in [-0.2, -0.15) is 0 Å². The largest absolute Gasteiger partial charge is 0.373 e. The number of rotatable bonds is 5. The van der Waals surface area contributed by atoms with E-state index in [1.54, 1.807) is 11.3 Å².